The minimum Gasteiger partial charge on any atom is -0.207 e. The molecule has 1 atom stereocenters. The number of rotatable bonds is 3. The van der Waals surface area contributed by atoms with Gasteiger partial charge in [0.1, 0.15) is 0 Å². The predicted molar refractivity (Wildman–Crippen MR) is 95.4 cm³/mol. The molecule has 1 saturated heterocycles. The zero-order chi connectivity index (χ0) is 17.5. The zero-order valence-electron chi connectivity index (χ0n) is 13.9. The molecule has 5 heteroatoms. The molecule has 0 radical (unpaired) electrons. The van der Waals surface area contributed by atoms with Crippen LogP contribution in [0.5, 0.6) is 0 Å². The summed E-state index contributed by atoms with van der Waals surface area (Å²) in [7, 11) is -3.58. The molecule has 1 unspecified atom stereocenters. The lowest BCUT2D eigenvalue weighted by molar-refractivity contribution is 0.131. The summed E-state index contributed by atoms with van der Waals surface area (Å²) in [5, 5.41) is 9.06. The Morgan fingerprint density at radius 2 is 1.84 bits per heavy atom. The number of nitriles is 1. The average molecular weight is 352 g/mol. The van der Waals surface area contributed by atoms with Crippen molar-refractivity contribution in [3.63, 3.8) is 0 Å². The molecule has 4 nitrogen and oxygen atoms in total. The third-order valence-electron chi connectivity index (χ3n) is 5.77. The quantitative estimate of drug-likeness (QED) is 0.849. The fourth-order valence-corrected chi connectivity index (χ4v) is 5.86. The molecule has 1 saturated carbocycles. The van der Waals surface area contributed by atoms with Gasteiger partial charge in [0, 0.05) is 19.0 Å². The molecule has 0 aromatic heterocycles. The maximum atomic E-state index is 13.1. The highest BCUT2D eigenvalue weighted by Gasteiger charge is 2.53. The Kier molecular flexibility index (Phi) is 3.90. The van der Waals surface area contributed by atoms with Crippen LogP contribution in [0.3, 0.4) is 0 Å². The summed E-state index contributed by atoms with van der Waals surface area (Å²) in [6.07, 6.45) is 3.33. The van der Waals surface area contributed by atoms with Gasteiger partial charge in [-0.2, -0.15) is 9.57 Å². The molecule has 1 aliphatic carbocycles. The second-order valence-electron chi connectivity index (χ2n) is 7.12. The molecule has 2 aliphatic rings. The van der Waals surface area contributed by atoms with Gasteiger partial charge >= 0.3 is 0 Å². The van der Waals surface area contributed by atoms with Crippen LogP contribution in [0.15, 0.2) is 59.5 Å². The van der Waals surface area contributed by atoms with Gasteiger partial charge in [0.05, 0.1) is 16.5 Å². The summed E-state index contributed by atoms with van der Waals surface area (Å²) in [5.41, 5.74) is 1.67. The van der Waals surface area contributed by atoms with E-state index in [9.17, 15) is 8.42 Å². The molecule has 25 heavy (non-hydrogen) atoms. The van der Waals surface area contributed by atoms with Gasteiger partial charge in [-0.15, -0.1) is 0 Å². The molecule has 1 heterocycles. The topological polar surface area (TPSA) is 61.2 Å². The first kappa shape index (κ1) is 16.3. The van der Waals surface area contributed by atoms with Gasteiger partial charge in [0.15, 0.2) is 0 Å². The van der Waals surface area contributed by atoms with Crippen molar-refractivity contribution in [2.75, 3.05) is 13.1 Å². The van der Waals surface area contributed by atoms with Crippen molar-refractivity contribution >= 4 is 10.0 Å². The van der Waals surface area contributed by atoms with Gasteiger partial charge < -0.3 is 0 Å². The summed E-state index contributed by atoms with van der Waals surface area (Å²) >= 11 is 0. The molecule has 1 spiro atoms. The Morgan fingerprint density at radius 3 is 2.48 bits per heavy atom. The van der Waals surface area contributed by atoms with Crippen molar-refractivity contribution in [3.8, 4) is 6.07 Å². The van der Waals surface area contributed by atoms with Crippen LogP contribution in [-0.2, 0) is 10.0 Å². The number of hydrogen-bond acceptors (Lipinski definition) is 3. The van der Waals surface area contributed by atoms with E-state index in [0.29, 0.717) is 18.7 Å². The van der Waals surface area contributed by atoms with Crippen LogP contribution in [0.1, 0.15) is 36.3 Å². The summed E-state index contributed by atoms with van der Waals surface area (Å²) in [5.74, 6) is 0.247. The molecule has 0 N–H and O–H groups in total. The van der Waals surface area contributed by atoms with Gasteiger partial charge in [-0.3, -0.25) is 0 Å². The monoisotopic (exact) mass is 352 g/mol. The molecule has 2 fully saturated rings. The normalized spacial score (nSPS) is 22.4. The van der Waals surface area contributed by atoms with Crippen molar-refractivity contribution in [2.45, 2.75) is 30.1 Å². The van der Waals surface area contributed by atoms with Gasteiger partial charge in [0.2, 0.25) is 10.0 Å². The Bertz CT molecular complexity index is 928. The van der Waals surface area contributed by atoms with E-state index in [-0.39, 0.29) is 16.2 Å². The van der Waals surface area contributed by atoms with E-state index in [1.165, 1.54) is 18.1 Å². The maximum Gasteiger partial charge on any atom is 0.243 e. The molecule has 2 aromatic carbocycles. The number of benzene rings is 2. The summed E-state index contributed by atoms with van der Waals surface area (Å²) in [4.78, 5) is 0.217. The van der Waals surface area contributed by atoms with E-state index in [1.54, 1.807) is 22.5 Å². The minimum atomic E-state index is -3.58. The first-order valence-corrected chi connectivity index (χ1v) is 10.0. The van der Waals surface area contributed by atoms with Crippen LogP contribution in [0.2, 0.25) is 0 Å². The van der Waals surface area contributed by atoms with Crippen LogP contribution < -0.4 is 0 Å². The number of nitrogens with zero attached hydrogens (tertiary/aromatic N) is 2. The van der Waals surface area contributed by atoms with Crippen LogP contribution >= 0.6 is 0 Å². The fourth-order valence-electron chi connectivity index (χ4n) is 4.26. The zero-order valence-corrected chi connectivity index (χ0v) is 14.7. The van der Waals surface area contributed by atoms with Crippen molar-refractivity contribution < 1.29 is 8.42 Å². The molecule has 128 valence electrons. The highest BCUT2D eigenvalue weighted by atomic mass is 32.2. The van der Waals surface area contributed by atoms with Crippen molar-refractivity contribution in [1.29, 1.82) is 5.26 Å². The molecule has 0 amide bonds. The van der Waals surface area contributed by atoms with Crippen LogP contribution in [0, 0.1) is 16.7 Å². The average Bonchev–Trinajstić information content (AvgIpc) is 3.05. The maximum absolute atomic E-state index is 13.1. The van der Waals surface area contributed by atoms with E-state index >= 15 is 0 Å². The highest BCUT2D eigenvalue weighted by molar-refractivity contribution is 7.89. The molecule has 4 rings (SSSR count). The third kappa shape index (κ3) is 2.66. The summed E-state index contributed by atoms with van der Waals surface area (Å²) in [6.45, 7) is 1.09. The first-order chi connectivity index (χ1) is 12.0. The second-order valence-corrected chi connectivity index (χ2v) is 9.05. The first-order valence-electron chi connectivity index (χ1n) is 8.60. The standard InChI is InChI=1S/C20H20N2O2S/c21-13-16-6-4-9-18(12-16)25(23,24)22-14-19(17-7-2-1-3-8-17)20(15-22)10-5-11-20/h1-4,6-9,12,19H,5,10-11,14-15H2. The minimum absolute atomic E-state index is 0.0707. The van der Waals surface area contributed by atoms with Crippen molar-refractivity contribution in [2.24, 2.45) is 5.41 Å². The Morgan fingerprint density at radius 1 is 1.08 bits per heavy atom. The molecule has 0 bridgehead atoms. The van der Waals surface area contributed by atoms with Gasteiger partial charge in [-0.05, 0) is 42.0 Å². The molecule has 1 aliphatic heterocycles. The summed E-state index contributed by atoms with van der Waals surface area (Å²) < 4.78 is 27.9. The van der Waals surface area contributed by atoms with Crippen molar-refractivity contribution in [3.05, 3.63) is 65.7 Å². The smallest absolute Gasteiger partial charge is 0.207 e. The molecular weight excluding hydrogens is 332 g/mol. The number of hydrogen-bond donors (Lipinski definition) is 0. The van der Waals surface area contributed by atoms with Gasteiger partial charge in [-0.1, -0.05) is 42.8 Å². The molecular formula is C20H20N2O2S. The lowest BCUT2D eigenvalue weighted by Crippen LogP contribution is -2.37. The predicted octanol–water partition coefficient (Wildman–Crippen LogP) is 3.52. The Hall–Kier alpha value is -2.16. The van der Waals surface area contributed by atoms with Crippen LogP contribution in [0.25, 0.3) is 0 Å². The van der Waals surface area contributed by atoms with Crippen LogP contribution in [0.4, 0.5) is 0 Å². The van der Waals surface area contributed by atoms with E-state index in [0.717, 1.165) is 12.8 Å². The highest BCUT2D eigenvalue weighted by Crippen LogP contribution is 2.56. The van der Waals surface area contributed by atoms with E-state index in [4.69, 9.17) is 5.26 Å². The molecule has 2 aromatic rings. The third-order valence-corrected chi connectivity index (χ3v) is 7.58. The fraction of sp³-hybridized carbons (Fsp3) is 0.350. The van der Waals surface area contributed by atoms with Crippen LogP contribution in [-0.4, -0.2) is 25.8 Å². The summed E-state index contributed by atoms with van der Waals surface area (Å²) in [6, 6.07) is 18.6. The van der Waals surface area contributed by atoms with E-state index < -0.39 is 10.0 Å². The Balaban J connectivity index is 1.69. The lowest BCUT2D eigenvalue weighted by atomic mass is 9.61. The second kappa shape index (κ2) is 5.98. The van der Waals surface area contributed by atoms with Crippen molar-refractivity contribution in [1.82, 2.24) is 4.31 Å². The van der Waals surface area contributed by atoms with E-state index in [2.05, 4.69) is 12.1 Å². The Labute approximate surface area is 148 Å². The van der Waals surface area contributed by atoms with Gasteiger partial charge in [0.25, 0.3) is 0 Å². The largest absolute Gasteiger partial charge is 0.243 e. The van der Waals surface area contributed by atoms with Gasteiger partial charge in [-0.25, -0.2) is 8.42 Å². The van der Waals surface area contributed by atoms with E-state index in [1.807, 2.05) is 24.3 Å². The number of sulfonamides is 1. The SMILES string of the molecule is N#Cc1cccc(S(=O)(=O)N2CC(c3ccccc3)C3(CCC3)C2)c1. The lowest BCUT2D eigenvalue weighted by Gasteiger charge is -2.43.